The number of halogens is 5. The molecule has 44 heavy (non-hydrogen) atoms. The summed E-state index contributed by atoms with van der Waals surface area (Å²) in [7, 11) is 0. The number of pyridine rings is 1. The Bertz CT molecular complexity index is 1510. The molecule has 7 nitrogen and oxygen atoms in total. The first-order valence-corrected chi connectivity index (χ1v) is 15.2. The van der Waals surface area contributed by atoms with E-state index < -0.39 is 41.7 Å². The number of anilines is 1. The van der Waals surface area contributed by atoms with E-state index in [-0.39, 0.29) is 31.5 Å². The smallest absolute Gasteiger partial charge is 0.460 e. The molecule has 2 aromatic carbocycles. The third-order valence-electron chi connectivity index (χ3n) is 7.27. The molecule has 0 saturated carbocycles. The monoisotopic (exact) mass is 681 g/mol. The average Bonchev–Trinajstić information content (AvgIpc) is 2.91. The summed E-state index contributed by atoms with van der Waals surface area (Å²) < 4.78 is 64.5. The van der Waals surface area contributed by atoms with Gasteiger partial charge in [-0.25, -0.2) is 9.37 Å². The van der Waals surface area contributed by atoms with E-state index in [2.05, 4.69) is 26.0 Å². The van der Waals surface area contributed by atoms with E-state index in [1.165, 1.54) is 18.2 Å². The van der Waals surface area contributed by atoms with Gasteiger partial charge >= 0.3 is 12.3 Å². The Hall–Kier alpha value is -3.41. The predicted octanol–water partition coefficient (Wildman–Crippen LogP) is 7.78. The Balaban J connectivity index is 1.67. The van der Waals surface area contributed by atoms with Crippen molar-refractivity contribution in [3.05, 3.63) is 63.6 Å². The Labute approximate surface area is 262 Å². The first-order valence-electron chi connectivity index (χ1n) is 14.4. The molecular weight excluding hydrogens is 646 g/mol. The minimum absolute atomic E-state index is 0.0892. The van der Waals surface area contributed by atoms with Crippen molar-refractivity contribution in [3.63, 3.8) is 0 Å². The number of para-hydroxylation sites is 1. The van der Waals surface area contributed by atoms with Crippen LogP contribution in [0.4, 0.5) is 23.4 Å². The molecule has 1 aliphatic heterocycles. The van der Waals surface area contributed by atoms with E-state index in [0.717, 1.165) is 4.47 Å². The van der Waals surface area contributed by atoms with Gasteiger partial charge in [0.15, 0.2) is 0 Å². The molecule has 4 rings (SSSR count). The van der Waals surface area contributed by atoms with Crippen molar-refractivity contribution >= 4 is 44.5 Å². The Morgan fingerprint density at radius 2 is 1.89 bits per heavy atom. The van der Waals surface area contributed by atoms with Crippen molar-refractivity contribution in [2.24, 2.45) is 0 Å². The summed E-state index contributed by atoms with van der Waals surface area (Å²) in [5, 5.41) is 3.46. The molecule has 1 saturated heterocycles. The van der Waals surface area contributed by atoms with Crippen molar-refractivity contribution in [1.29, 1.82) is 0 Å². The molecule has 0 bridgehead atoms. The number of benzene rings is 2. The molecule has 0 spiro atoms. The number of nitrogens with one attached hydrogen (secondary N) is 1. The molecule has 2 atom stereocenters. The number of amides is 1. The number of fused-ring (bicyclic) bond motifs is 1. The molecule has 1 aromatic heterocycles. The number of nitrogens with zero attached hydrogens (tertiary/aromatic N) is 2. The van der Waals surface area contributed by atoms with E-state index in [0.29, 0.717) is 47.2 Å². The van der Waals surface area contributed by atoms with Gasteiger partial charge in [-0.15, -0.1) is 13.2 Å². The number of esters is 1. The number of aromatic nitrogens is 1. The lowest BCUT2D eigenvalue weighted by Crippen LogP contribution is -2.38. The fourth-order valence-corrected chi connectivity index (χ4v) is 5.79. The van der Waals surface area contributed by atoms with Crippen LogP contribution in [0.1, 0.15) is 73.9 Å². The highest BCUT2D eigenvalue weighted by Gasteiger charge is 2.33. The number of alkyl halides is 4. The number of carbonyl (C=O) groups is 2. The lowest BCUT2D eigenvalue weighted by molar-refractivity contribution is -0.275. The fraction of sp³-hybridized carbons (Fsp3) is 0.469. The summed E-state index contributed by atoms with van der Waals surface area (Å²) in [4.78, 5) is 33.1. The lowest BCUT2D eigenvalue weighted by atomic mass is 9.92. The molecule has 3 aromatic rings. The zero-order valence-electron chi connectivity index (χ0n) is 25.1. The Morgan fingerprint density at radius 3 is 2.57 bits per heavy atom. The van der Waals surface area contributed by atoms with Gasteiger partial charge in [-0.3, -0.25) is 9.59 Å². The molecule has 0 aliphatic carbocycles. The van der Waals surface area contributed by atoms with Gasteiger partial charge in [0.2, 0.25) is 0 Å². The number of hydrogen-bond donors (Lipinski definition) is 1. The fourth-order valence-electron chi connectivity index (χ4n) is 5.43. The SMILES string of the molecule is Cc1c(N2CCCC(F)C2)nc2ccc(Br)cc2c1C(=O)NCC(CCC(=O)OC(C)(C)C)c1ccccc1OC(F)(F)F. The summed E-state index contributed by atoms with van der Waals surface area (Å²) in [6.07, 6.45) is -4.82. The highest BCUT2D eigenvalue weighted by molar-refractivity contribution is 9.10. The molecule has 1 amide bonds. The lowest BCUT2D eigenvalue weighted by Gasteiger charge is -2.32. The molecule has 1 fully saturated rings. The van der Waals surface area contributed by atoms with Crippen molar-refractivity contribution in [2.75, 3.05) is 24.5 Å². The third-order valence-corrected chi connectivity index (χ3v) is 7.76. The number of hydrogen-bond acceptors (Lipinski definition) is 6. The van der Waals surface area contributed by atoms with Gasteiger partial charge in [0.25, 0.3) is 5.91 Å². The second kappa shape index (κ2) is 13.7. The summed E-state index contributed by atoms with van der Waals surface area (Å²) in [5.74, 6) is -1.61. The maximum absolute atomic E-state index is 14.3. The van der Waals surface area contributed by atoms with Crippen LogP contribution in [0.5, 0.6) is 5.75 Å². The van der Waals surface area contributed by atoms with Crippen LogP contribution in [-0.4, -0.2) is 54.6 Å². The maximum atomic E-state index is 14.3. The van der Waals surface area contributed by atoms with Crippen molar-refractivity contribution in [3.8, 4) is 5.75 Å². The van der Waals surface area contributed by atoms with E-state index in [1.54, 1.807) is 52.0 Å². The highest BCUT2D eigenvalue weighted by atomic mass is 79.9. The van der Waals surface area contributed by atoms with E-state index in [1.807, 2.05) is 4.90 Å². The van der Waals surface area contributed by atoms with Gasteiger partial charge in [0.1, 0.15) is 23.3 Å². The molecule has 0 radical (unpaired) electrons. The molecule has 2 unspecified atom stereocenters. The summed E-state index contributed by atoms with van der Waals surface area (Å²) in [5.41, 5.74) is 0.896. The van der Waals surface area contributed by atoms with Crippen LogP contribution in [0.3, 0.4) is 0 Å². The molecule has 238 valence electrons. The van der Waals surface area contributed by atoms with Crippen LogP contribution in [0.25, 0.3) is 10.9 Å². The second-order valence-corrected chi connectivity index (χ2v) is 12.8. The van der Waals surface area contributed by atoms with E-state index in [9.17, 15) is 27.2 Å². The van der Waals surface area contributed by atoms with Gasteiger partial charge in [0, 0.05) is 40.9 Å². The average molecular weight is 683 g/mol. The van der Waals surface area contributed by atoms with Crippen LogP contribution >= 0.6 is 15.9 Å². The minimum Gasteiger partial charge on any atom is -0.460 e. The van der Waals surface area contributed by atoms with Gasteiger partial charge < -0.3 is 19.7 Å². The van der Waals surface area contributed by atoms with Crippen molar-refractivity contribution in [2.45, 2.75) is 77.4 Å². The standard InChI is InChI=1S/C32H36BrF4N3O4/c1-19-28(24-16-21(33)12-13-25(24)39-29(19)40-15-7-8-22(34)18-40)30(42)38-17-20(11-14-27(41)44-31(2,3)4)23-9-5-6-10-26(23)43-32(35,36)37/h5-6,9-10,12-13,16,20,22H,7-8,11,14-15,17-18H2,1-4H3,(H,38,42). The van der Waals surface area contributed by atoms with Crippen molar-refractivity contribution in [1.82, 2.24) is 10.3 Å². The quantitative estimate of drug-likeness (QED) is 0.184. The Morgan fingerprint density at radius 1 is 1.16 bits per heavy atom. The minimum atomic E-state index is -4.93. The third kappa shape index (κ3) is 8.83. The van der Waals surface area contributed by atoms with E-state index in [4.69, 9.17) is 9.72 Å². The normalized spacial score (nSPS) is 16.5. The zero-order chi connectivity index (χ0) is 32.2. The van der Waals surface area contributed by atoms with Gasteiger partial charge in [-0.2, -0.15) is 0 Å². The summed E-state index contributed by atoms with van der Waals surface area (Å²) in [6, 6.07) is 11.0. The van der Waals surface area contributed by atoms with Crippen LogP contribution < -0.4 is 15.0 Å². The first-order chi connectivity index (χ1) is 20.6. The van der Waals surface area contributed by atoms with Crippen LogP contribution in [0.2, 0.25) is 0 Å². The maximum Gasteiger partial charge on any atom is 0.573 e. The molecular formula is C32H36BrF4N3O4. The number of carbonyl (C=O) groups excluding carboxylic acids is 2. The molecule has 1 N–H and O–H groups in total. The molecule has 1 aliphatic rings. The number of ether oxygens (including phenoxy) is 2. The van der Waals surface area contributed by atoms with Gasteiger partial charge in [-0.1, -0.05) is 34.1 Å². The molecule has 12 heteroatoms. The van der Waals surface area contributed by atoms with Crippen LogP contribution in [-0.2, 0) is 9.53 Å². The molecule has 2 heterocycles. The Kier molecular flexibility index (Phi) is 10.4. The summed E-state index contributed by atoms with van der Waals surface area (Å²) >= 11 is 3.45. The largest absolute Gasteiger partial charge is 0.573 e. The number of piperidine rings is 1. The van der Waals surface area contributed by atoms with Crippen molar-refractivity contribution < 1.29 is 36.6 Å². The van der Waals surface area contributed by atoms with E-state index >= 15 is 0 Å². The summed E-state index contributed by atoms with van der Waals surface area (Å²) in [6.45, 7) is 7.59. The van der Waals surface area contributed by atoms with Gasteiger partial charge in [0.05, 0.1) is 17.6 Å². The zero-order valence-corrected chi connectivity index (χ0v) is 26.6. The predicted molar refractivity (Wildman–Crippen MR) is 164 cm³/mol. The first kappa shape index (κ1) is 33.5. The van der Waals surface area contributed by atoms with Gasteiger partial charge in [-0.05, 0) is 76.8 Å². The van der Waals surface area contributed by atoms with Crippen LogP contribution in [0.15, 0.2) is 46.9 Å². The van der Waals surface area contributed by atoms with Crippen LogP contribution in [0, 0.1) is 6.92 Å². The highest BCUT2D eigenvalue weighted by Crippen LogP contribution is 2.35. The topological polar surface area (TPSA) is 80.8 Å². The second-order valence-electron chi connectivity index (χ2n) is 11.9. The number of rotatable bonds is 9.